The van der Waals surface area contributed by atoms with E-state index in [-0.39, 0.29) is 12.5 Å². The number of carbonyl (C=O) groups is 1. The highest BCUT2D eigenvalue weighted by molar-refractivity contribution is 5.96. The van der Waals surface area contributed by atoms with Crippen LogP contribution >= 0.6 is 0 Å². The third kappa shape index (κ3) is 2.69. The van der Waals surface area contributed by atoms with Crippen LogP contribution in [-0.2, 0) is 9.53 Å². The minimum absolute atomic E-state index is 0.206. The molecule has 0 aliphatic carbocycles. The second-order valence-electron chi connectivity index (χ2n) is 4.31. The smallest absolute Gasteiger partial charge is 0.243 e. The van der Waals surface area contributed by atoms with E-state index in [1.165, 1.54) is 7.11 Å². The van der Waals surface area contributed by atoms with E-state index in [1.54, 1.807) is 0 Å². The van der Waals surface area contributed by atoms with Crippen molar-refractivity contribution >= 4 is 22.5 Å². The van der Waals surface area contributed by atoms with Crippen molar-refractivity contribution in [3.05, 3.63) is 30.0 Å². The van der Waals surface area contributed by atoms with Gasteiger partial charge in [0.25, 0.3) is 0 Å². The van der Waals surface area contributed by atoms with Gasteiger partial charge in [-0.05, 0) is 31.2 Å². The van der Waals surface area contributed by atoms with Crippen LogP contribution < -0.4 is 11.1 Å². The molecule has 0 aliphatic rings. The Morgan fingerprint density at radius 3 is 3.00 bits per heavy atom. The fraction of sp³-hybridized carbons (Fsp3) is 0.308. The monoisotopic (exact) mass is 247 g/mol. The van der Waals surface area contributed by atoms with Gasteiger partial charge in [0.2, 0.25) is 5.91 Å². The van der Waals surface area contributed by atoms with Crippen molar-refractivity contribution in [3.8, 4) is 0 Å². The number of anilines is 1. The molecule has 2 aromatic rings. The zero-order valence-electron chi connectivity index (χ0n) is 10.5. The molecular formula is C13H17N3O2. The lowest BCUT2D eigenvalue weighted by Crippen LogP contribution is -2.39. The third-order valence-corrected chi connectivity index (χ3v) is 2.71. The number of hydrogen-bond acceptors (Lipinski definition) is 3. The number of methoxy groups -OCH3 is 1. The van der Waals surface area contributed by atoms with E-state index in [9.17, 15) is 4.79 Å². The highest BCUT2D eigenvalue weighted by Crippen LogP contribution is 2.19. The quantitative estimate of drug-likeness (QED) is 0.763. The Bertz CT molecular complexity index is 562. The molecule has 1 aromatic heterocycles. The Hall–Kier alpha value is -1.85. The molecule has 0 radical (unpaired) electrons. The SMILES string of the molecule is COCC(N)C(=O)Nc1ccc2[nH]c(C)cc2c1. The summed E-state index contributed by atoms with van der Waals surface area (Å²) in [5.74, 6) is -0.247. The molecule has 0 spiro atoms. The van der Waals surface area contributed by atoms with Crippen LogP contribution in [-0.4, -0.2) is 30.6 Å². The van der Waals surface area contributed by atoms with E-state index in [4.69, 9.17) is 10.5 Å². The zero-order chi connectivity index (χ0) is 13.1. The maximum Gasteiger partial charge on any atom is 0.243 e. The standard InChI is InChI=1S/C13H17N3O2/c1-8-5-9-6-10(3-4-12(9)15-8)16-13(17)11(14)7-18-2/h3-6,11,15H,7,14H2,1-2H3,(H,16,17). The normalized spacial score (nSPS) is 12.6. The van der Waals surface area contributed by atoms with E-state index < -0.39 is 6.04 Å². The molecule has 18 heavy (non-hydrogen) atoms. The minimum Gasteiger partial charge on any atom is -0.383 e. The summed E-state index contributed by atoms with van der Waals surface area (Å²) in [5, 5.41) is 3.83. The minimum atomic E-state index is -0.654. The number of ether oxygens (including phenoxy) is 1. The summed E-state index contributed by atoms with van der Waals surface area (Å²) in [6.07, 6.45) is 0. The molecule has 5 nitrogen and oxygen atoms in total. The van der Waals surface area contributed by atoms with Crippen molar-refractivity contribution in [2.24, 2.45) is 5.73 Å². The number of nitrogens with two attached hydrogens (primary N) is 1. The molecule has 4 N–H and O–H groups in total. The molecule has 1 atom stereocenters. The number of carbonyl (C=O) groups excluding carboxylic acids is 1. The Kier molecular flexibility index (Phi) is 3.64. The highest BCUT2D eigenvalue weighted by atomic mass is 16.5. The number of aromatic amines is 1. The van der Waals surface area contributed by atoms with Crippen molar-refractivity contribution < 1.29 is 9.53 Å². The van der Waals surface area contributed by atoms with Gasteiger partial charge in [-0.2, -0.15) is 0 Å². The van der Waals surface area contributed by atoms with E-state index in [0.717, 1.165) is 22.3 Å². The van der Waals surface area contributed by atoms with Crippen molar-refractivity contribution in [2.75, 3.05) is 19.0 Å². The van der Waals surface area contributed by atoms with Crippen LogP contribution in [0.1, 0.15) is 5.69 Å². The van der Waals surface area contributed by atoms with E-state index >= 15 is 0 Å². The van der Waals surface area contributed by atoms with Crippen molar-refractivity contribution in [1.82, 2.24) is 4.98 Å². The summed E-state index contributed by atoms with van der Waals surface area (Å²) >= 11 is 0. The first-order valence-electron chi connectivity index (χ1n) is 5.75. The van der Waals surface area contributed by atoms with Gasteiger partial charge in [0, 0.05) is 29.4 Å². The summed E-state index contributed by atoms with van der Waals surface area (Å²) in [6, 6.07) is 7.06. The molecule has 96 valence electrons. The topological polar surface area (TPSA) is 80.1 Å². The van der Waals surface area contributed by atoms with Crippen molar-refractivity contribution in [3.63, 3.8) is 0 Å². The summed E-state index contributed by atoms with van der Waals surface area (Å²) in [5.41, 5.74) is 8.52. The predicted molar refractivity (Wildman–Crippen MR) is 71.5 cm³/mol. The predicted octanol–water partition coefficient (Wildman–Crippen LogP) is 1.39. The number of hydrogen-bond donors (Lipinski definition) is 3. The van der Waals surface area contributed by atoms with Gasteiger partial charge in [-0.3, -0.25) is 4.79 Å². The fourth-order valence-electron chi connectivity index (χ4n) is 1.85. The molecule has 0 saturated carbocycles. The van der Waals surface area contributed by atoms with E-state index in [2.05, 4.69) is 10.3 Å². The van der Waals surface area contributed by atoms with Gasteiger partial charge in [0.15, 0.2) is 0 Å². The van der Waals surface area contributed by atoms with E-state index in [0.29, 0.717) is 0 Å². The molecule has 1 aromatic carbocycles. The second-order valence-corrected chi connectivity index (χ2v) is 4.31. The average molecular weight is 247 g/mol. The molecule has 1 amide bonds. The van der Waals surface area contributed by atoms with Crippen LogP contribution in [0.4, 0.5) is 5.69 Å². The number of H-pyrrole nitrogens is 1. The van der Waals surface area contributed by atoms with Crippen LogP contribution in [0.15, 0.2) is 24.3 Å². The molecule has 0 bridgehead atoms. The zero-order valence-corrected chi connectivity index (χ0v) is 10.5. The van der Waals surface area contributed by atoms with Gasteiger partial charge >= 0.3 is 0 Å². The fourth-order valence-corrected chi connectivity index (χ4v) is 1.85. The number of nitrogens with one attached hydrogen (secondary N) is 2. The molecule has 1 heterocycles. The van der Waals surface area contributed by atoms with Gasteiger partial charge in [0.05, 0.1) is 6.61 Å². The lowest BCUT2D eigenvalue weighted by Gasteiger charge is -2.11. The van der Waals surface area contributed by atoms with Gasteiger partial charge < -0.3 is 20.8 Å². The first kappa shape index (κ1) is 12.6. The number of aryl methyl sites for hydroxylation is 1. The van der Waals surface area contributed by atoms with Crippen LogP contribution in [0.3, 0.4) is 0 Å². The number of benzene rings is 1. The average Bonchev–Trinajstić information content (AvgIpc) is 2.68. The maximum atomic E-state index is 11.7. The lowest BCUT2D eigenvalue weighted by atomic mass is 10.2. The summed E-state index contributed by atoms with van der Waals surface area (Å²) in [6.45, 7) is 2.20. The van der Waals surface area contributed by atoms with E-state index in [1.807, 2.05) is 31.2 Å². The number of amides is 1. The van der Waals surface area contributed by atoms with Gasteiger partial charge in [-0.25, -0.2) is 0 Å². The van der Waals surface area contributed by atoms with Gasteiger partial charge in [-0.1, -0.05) is 0 Å². The molecule has 0 saturated heterocycles. The molecule has 5 heteroatoms. The first-order chi connectivity index (χ1) is 8.60. The lowest BCUT2D eigenvalue weighted by molar-refractivity contribution is -0.118. The summed E-state index contributed by atoms with van der Waals surface area (Å²) in [4.78, 5) is 14.9. The largest absolute Gasteiger partial charge is 0.383 e. The Morgan fingerprint density at radius 2 is 2.28 bits per heavy atom. The Morgan fingerprint density at radius 1 is 1.50 bits per heavy atom. The van der Waals surface area contributed by atoms with Gasteiger partial charge in [-0.15, -0.1) is 0 Å². The number of fused-ring (bicyclic) bond motifs is 1. The molecule has 0 fully saturated rings. The van der Waals surface area contributed by atoms with Crippen molar-refractivity contribution in [1.29, 1.82) is 0 Å². The summed E-state index contributed by atoms with van der Waals surface area (Å²) in [7, 11) is 1.52. The first-order valence-corrected chi connectivity index (χ1v) is 5.75. The second kappa shape index (κ2) is 5.20. The maximum absolute atomic E-state index is 11.7. The molecule has 1 unspecified atom stereocenters. The Balaban J connectivity index is 2.14. The van der Waals surface area contributed by atoms with Crippen LogP contribution in [0.25, 0.3) is 10.9 Å². The molecule has 0 aliphatic heterocycles. The van der Waals surface area contributed by atoms with Crippen LogP contribution in [0.2, 0.25) is 0 Å². The highest BCUT2D eigenvalue weighted by Gasteiger charge is 2.13. The van der Waals surface area contributed by atoms with Crippen LogP contribution in [0.5, 0.6) is 0 Å². The molecule has 2 rings (SSSR count). The Labute approximate surface area is 105 Å². The van der Waals surface area contributed by atoms with Gasteiger partial charge in [0.1, 0.15) is 6.04 Å². The number of rotatable bonds is 4. The molecular weight excluding hydrogens is 230 g/mol. The third-order valence-electron chi connectivity index (χ3n) is 2.71. The van der Waals surface area contributed by atoms with Crippen molar-refractivity contribution in [2.45, 2.75) is 13.0 Å². The van der Waals surface area contributed by atoms with Crippen LogP contribution in [0, 0.1) is 6.92 Å². The number of aromatic nitrogens is 1. The summed E-state index contributed by atoms with van der Waals surface area (Å²) < 4.78 is 4.85.